The summed E-state index contributed by atoms with van der Waals surface area (Å²) in [4.78, 5) is 13.6. The van der Waals surface area contributed by atoms with Gasteiger partial charge < -0.3 is 15.3 Å². The van der Waals surface area contributed by atoms with Crippen LogP contribution in [0.25, 0.3) is 0 Å². The Morgan fingerprint density at radius 2 is 2.13 bits per heavy atom. The molecule has 0 radical (unpaired) electrons. The van der Waals surface area contributed by atoms with Crippen molar-refractivity contribution in [3.05, 3.63) is 0 Å². The second-order valence-electron chi connectivity index (χ2n) is 5.21. The van der Waals surface area contributed by atoms with E-state index in [1.807, 2.05) is 20.8 Å². The van der Waals surface area contributed by atoms with Crippen LogP contribution in [0, 0.1) is 0 Å². The SMILES string of the molecule is CC(C)(C)NC(=O)N1CCCCC1CO. The Hall–Kier alpha value is -0.770. The van der Waals surface area contributed by atoms with Crippen molar-refractivity contribution in [3.8, 4) is 0 Å². The van der Waals surface area contributed by atoms with Crippen LogP contribution in [-0.2, 0) is 0 Å². The van der Waals surface area contributed by atoms with Crippen molar-refractivity contribution < 1.29 is 9.90 Å². The average molecular weight is 214 g/mol. The van der Waals surface area contributed by atoms with Crippen molar-refractivity contribution in [3.63, 3.8) is 0 Å². The largest absolute Gasteiger partial charge is 0.394 e. The van der Waals surface area contributed by atoms with E-state index in [0.717, 1.165) is 25.8 Å². The predicted octanol–water partition coefficient (Wildman–Crippen LogP) is 1.34. The van der Waals surface area contributed by atoms with Gasteiger partial charge in [-0.15, -0.1) is 0 Å². The van der Waals surface area contributed by atoms with Gasteiger partial charge in [0.1, 0.15) is 0 Å². The molecule has 1 rings (SSSR count). The standard InChI is InChI=1S/C11H22N2O2/c1-11(2,3)12-10(15)13-7-5-4-6-9(13)8-14/h9,14H,4-8H2,1-3H3,(H,12,15). The van der Waals surface area contributed by atoms with Crippen LogP contribution in [0.15, 0.2) is 0 Å². The van der Waals surface area contributed by atoms with Gasteiger partial charge in [-0.3, -0.25) is 0 Å². The quantitative estimate of drug-likeness (QED) is 0.692. The van der Waals surface area contributed by atoms with Crippen LogP contribution in [0.5, 0.6) is 0 Å². The van der Waals surface area contributed by atoms with Crippen LogP contribution in [0.2, 0.25) is 0 Å². The molecule has 0 spiro atoms. The summed E-state index contributed by atoms with van der Waals surface area (Å²) in [6.45, 7) is 6.71. The Morgan fingerprint density at radius 3 is 2.67 bits per heavy atom. The lowest BCUT2D eigenvalue weighted by Gasteiger charge is -2.36. The molecular formula is C11H22N2O2. The van der Waals surface area contributed by atoms with Gasteiger partial charge in [0.2, 0.25) is 0 Å². The minimum atomic E-state index is -0.214. The second-order valence-corrected chi connectivity index (χ2v) is 5.21. The van der Waals surface area contributed by atoms with Gasteiger partial charge in [0.15, 0.2) is 0 Å². The molecule has 0 aromatic rings. The van der Waals surface area contributed by atoms with Gasteiger partial charge in [-0.25, -0.2) is 4.79 Å². The molecule has 88 valence electrons. The molecule has 1 heterocycles. The fraction of sp³-hybridized carbons (Fsp3) is 0.909. The maximum atomic E-state index is 11.9. The van der Waals surface area contributed by atoms with E-state index in [9.17, 15) is 9.90 Å². The molecule has 0 aliphatic carbocycles. The summed E-state index contributed by atoms with van der Waals surface area (Å²) in [5, 5.41) is 12.1. The number of likely N-dealkylation sites (tertiary alicyclic amines) is 1. The van der Waals surface area contributed by atoms with E-state index in [0.29, 0.717) is 0 Å². The normalized spacial score (nSPS) is 22.7. The predicted molar refractivity (Wildman–Crippen MR) is 59.7 cm³/mol. The van der Waals surface area contributed by atoms with Gasteiger partial charge >= 0.3 is 6.03 Å². The molecule has 1 atom stereocenters. The van der Waals surface area contributed by atoms with Gasteiger partial charge in [-0.2, -0.15) is 0 Å². The lowest BCUT2D eigenvalue weighted by atomic mass is 10.0. The molecule has 2 N–H and O–H groups in total. The molecule has 4 nitrogen and oxygen atoms in total. The monoisotopic (exact) mass is 214 g/mol. The van der Waals surface area contributed by atoms with Crippen LogP contribution in [-0.4, -0.2) is 40.8 Å². The number of piperidine rings is 1. The number of aliphatic hydroxyl groups is 1. The zero-order valence-electron chi connectivity index (χ0n) is 9.92. The number of nitrogens with zero attached hydrogens (tertiary/aromatic N) is 1. The zero-order valence-corrected chi connectivity index (χ0v) is 9.92. The minimum absolute atomic E-state index is 0.00102. The van der Waals surface area contributed by atoms with E-state index < -0.39 is 0 Å². The summed E-state index contributed by atoms with van der Waals surface area (Å²) in [7, 11) is 0. The van der Waals surface area contributed by atoms with E-state index in [1.165, 1.54) is 0 Å². The molecule has 1 aliphatic heterocycles. The highest BCUT2D eigenvalue weighted by atomic mass is 16.3. The van der Waals surface area contributed by atoms with E-state index >= 15 is 0 Å². The third-order valence-corrected chi connectivity index (χ3v) is 2.58. The molecule has 2 amide bonds. The molecule has 4 heteroatoms. The van der Waals surface area contributed by atoms with Crippen molar-refractivity contribution in [2.75, 3.05) is 13.2 Å². The number of hydrogen-bond donors (Lipinski definition) is 2. The van der Waals surface area contributed by atoms with E-state index in [1.54, 1.807) is 4.90 Å². The Kier molecular flexibility index (Phi) is 3.97. The third-order valence-electron chi connectivity index (χ3n) is 2.58. The third kappa shape index (κ3) is 3.70. The highest BCUT2D eigenvalue weighted by Gasteiger charge is 2.27. The van der Waals surface area contributed by atoms with Crippen LogP contribution in [0.1, 0.15) is 40.0 Å². The first-order chi connectivity index (χ1) is 6.94. The zero-order chi connectivity index (χ0) is 11.5. The van der Waals surface area contributed by atoms with Crippen molar-refractivity contribution in [2.45, 2.75) is 51.6 Å². The van der Waals surface area contributed by atoms with Crippen LogP contribution in [0.3, 0.4) is 0 Å². The van der Waals surface area contributed by atoms with E-state index in [4.69, 9.17) is 0 Å². The summed E-state index contributed by atoms with van der Waals surface area (Å²) in [6, 6.07) is -0.0534. The molecule has 0 aromatic carbocycles. The topological polar surface area (TPSA) is 52.6 Å². The Balaban J connectivity index is 2.56. The smallest absolute Gasteiger partial charge is 0.318 e. The first-order valence-electron chi connectivity index (χ1n) is 5.63. The summed E-state index contributed by atoms with van der Waals surface area (Å²) >= 11 is 0. The van der Waals surface area contributed by atoms with Crippen molar-refractivity contribution in [1.29, 1.82) is 0 Å². The number of nitrogens with one attached hydrogen (secondary N) is 1. The first-order valence-corrected chi connectivity index (χ1v) is 5.63. The number of urea groups is 1. The number of carbonyl (C=O) groups is 1. The fourth-order valence-corrected chi connectivity index (χ4v) is 1.85. The molecule has 15 heavy (non-hydrogen) atoms. The summed E-state index contributed by atoms with van der Waals surface area (Å²) in [6.07, 6.45) is 3.05. The van der Waals surface area contributed by atoms with Gasteiger partial charge in [0, 0.05) is 12.1 Å². The lowest BCUT2D eigenvalue weighted by Crippen LogP contribution is -2.54. The highest BCUT2D eigenvalue weighted by molar-refractivity contribution is 5.75. The Labute approximate surface area is 91.6 Å². The van der Waals surface area contributed by atoms with Crippen LogP contribution >= 0.6 is 0 Å². The van der Waals surface area contributed by atoms with Crippen LogP contribution in [0.4, 0.5) is 4.79 Å². The molecule has 1 aliphatic rings. The van der Waals surface area contributed by atoms with Gasteiger partial charge in [-0.1, -0.05) is 0 Å². The second kappa shape index (κ2) is 4.84. The van der Waals surface area contributed by atoms with Crippen molar-refractivity contribution in [2.24, 2.45) is 0 Å². The number of aliphatic hydroxyl groups excluding tert-OH is 1. The number of amides is 2. The summed E-state index contributed by atoms with van der Waals surface area (Å²) in [5.74, 6) is 0. The van der Waals surface area contributed by atoms with E-state index in [2.05, 4.69) is 5.32 Å². The number of rotatable bonds is 1. The molecule has 0 saturated carbocycles. The minimum Gasteiger partial charge on any atom is -0.394 e. The molecule has 1 unspecified atom stereocenters. The van der Waals surface area contributed by atoms with E-state index in [-0.39, 0.29) is 24.2 Å². The van der Waals surface area contributed by atoms with Gasteiger partial charge in [0.05, 0.1) is 12.6 Å². The highest BCUT2D eigenvalue weighted by Crippen LogP contribution is 2.17. The first kappa shape index (κ1) is 12.3. The Bertz CT molecular complexity index is 223. The van der Waals surface area contributed by atoms with Gasteiger partial charge in [-0.05, 0) is 40.0 Å². The maximum absolute atomic E-state index is 11.9. The van der Waals surface area contributed by atoms with Crippen LogP contribution < -0.4 is 5.32 Å². The molecular weight excluding hydrogens is 192 g/mol. The molecule has 0 aromatic heterocycles. The maximum Gasteiger partial charge on any atom is 0.318 e. The van der Waals surface area contributed by atoms with Crippen molar-refractivity contribution in [1.82, 2.24) is 10.2 Å². The average Bonchev–Trinajstić information content (AvgIpc) is 2.15. The Morgan fingerprint density at radius 1 is 1.47 bits per heavy atom. The van der Waals surface area contributed by atoms with Crippen molar-refractivity contribution >= 4 is 6.03 Å². The number of carbonyl (C=O) groups excluding carboxylic acids is 1. The lowest BCUT2D eigenvalue weighted by molar-refractivity contribution is 0.104. The summed E-state index contributed by atoms with van der Waals surface area (Å²) < 4.78 is 0. The molecule has 1 fully saturated rings. The summed E-state index contributed by atoms with van der Waals surface area (Å²) in [5.41, 5.74) is -0.214. The number of hydrogen-bond acceptors (Lipinski definition) is 2. The van der Waals surface area contributed by atoms with Gasteiger partial charge in [0.25, 0.3) is 0 Å². The molecule has 1 saturated heterocycles. The fourth-order valence-electron chi connectivity index (χ4n) is 1.85. The molecule has 0 bridgehead atoms.